The zero-order chi connectivity index (χ0) is 57.1. The van der Waals surface area contributed by atoms with Crippen molar-refractivity contribution in [1.82, 2.24) is 15.5 Å². The highest BCUT2D eigenvalue weighted by Crippen LogP contribution is 2.40. The standard InChI is InChI=1S/C57H84FN3O16/c1-12-38-25-31(2)47(58)32(3)26-45(73-10)49-46(74-11)27-34(5)57(71,76-49)50(64)51(65)61-23-17-16-20-41(61)53(68)75-48(35(6)42(62)30-43(38)63)33(4)24-37-21-22-39(44(29-37)72-9)59-54(69)56(7,8)77-55(70)60-40(52(66)67)28-36-18-14-13-15-19-36/h13-15,18-19,24-25,32,34-35,37-42,44-49,62,71H,12,16-17,20-23,26-30H2,1-11H3,(H,59,69)(H,60,70)(H,66,67)/b31-25+,33-24?/t32?,34?,35?,37?,38?,39?,40-,41?,42?,44?,45?,46?,47?,48?,49?,57?/m0/s1. The quantitative estimate of drug-likeness (QED) is 0.0895. The number of aliphatic hydroxyl groups excluding tert-OH is 1. The third-order valence-electron chi connectivity index (χ3n) is 16.2. The fourth-order valence-corrected chi connectivity index (χ4v) is 11.3. The molecule has 1 aromatic rings. The number of nitrogens with one attached hydrogen (secondary N) is 2. The zero-order valence-electron chi connectivity index (χ0n) is 46.7. The second-order valence-corrected chi connectivity index (χ2v) is 22.3. The number of alkyl carbamates (subject to hydrolysis) is 1. The van der Waals surface area contributed by atoms with E-state index < -0.39 is 132 Å². The number of Topliss-reactive ketones (excluding diaryl/α,β-unsaturated/α-hetero) is 2. The van der Waals surface area contributed by atoms with Crippen molar-refractivity contribution in [1.29, 1.82) is 0 Å². The molecule has 3 fully saturated rings. The largest absolute Gasteiger partial charge is 0.480 e. The molecule has 430 valence electrons. The molecule has 5 rings (SSSR count). The number of alkyl halides is 1. The Hall–Kier alpha value is -5.12. The van der Waals surface area contributed by atoms with Gasteiger partial charge >= 0.3 is 18.0 Å². The van der Waals surface area contributed by atoms with Gasteiger partial charge < -0.3 is 59.3 Å². The minimum atomic E-state index is -2.67. The number of carboxylic acids is 1. The number of ether oxygens (including phenoxy) is 6. The molecule has 3 heterocycles. The van der Waals surface area contributed by atoms with Gasteiger partial charge in [0.1, 0.15) is 36.2 Å². The molecule has 4 aliphatic rings. The molecule has 15 unspecified atom stereocenters. The summed E-state index contributed by atoms with van der Waals surface area (Å²) in [7, 11) is 4.33. The van der Waals surface area contributed by atoms with Gasteiger partial charge in [0.15, 0.2) is 5.60 Å². The molecule has 2 saturated heterocycles. The van der Waals surface area contributed by atoms with Crippen LogP contribution in [0.15, 0.2) is 53.6 Å². The number of piperidine rings is 1. The molecular formula is C57H84FN3O16. The Labute approximate surface area is 452 Å². The maximum Gasteiger partial charge on any atom is 0.408 e. The van der Waals surface area contributed by atoms with Gasteiger partial charge in [0.2, 0.25) is 5.79 Å². The summed E-state index contributed by atoms with van der Waals surface area (Å²) >= 11 is 0. The Morgan fingerprint density at radius 3 is 2.22 bits per heavy atom. The molecule has 2 bridgehead atoms. The van der Waals surface area contributed by atoms with Crippen molar-refractivity contribution in [2.75, 3.05) is 27.9 Å². The van der Waals surface area contributed by atoms with E-state index in [1.54, 1.807) is 78.0 Å². The Bertz CT molecular complexity index is 2290. The molecule has 3 aliphatic heterocycles. The Balaban J connectivity index is 1.40. The van der Waals surface area contributed by atoms with Crippen LogP contribution in [-0.4, -0.2) is 162 Å². The summed E-state index contributed by atoms with van der Waals surface area (Å²) in [5, 5.41) is 39.1. The number of methoxy groups -OCH3 is 3. The molecule has 0 spiro atoms. The molecule has 20 heteroatoms. The minimum absolute atomic E-state index is 0.0103. The van der Waals surface area contributed by atoms with Gasteiger partial charge in [-0.3, -0.25) is 19.2 Å². The highest BCUT2D eigenvalue weighted by Gasteiger charge is 2.57. The Morgan fingerprint density at radius 2 is 1.60 bits per heavy atom. The van der Waals surface area contributed by atoms with Crippen LogP contribution in [0.2, 0.25) is 0 Å². The molecule has 19 nitrogen and oxygen atoms in total. The van der Waals surface area contributed by atoms with Gasteiger partial charge in [0.05, 0.1) is 30.5 Å². The van der Waals surface area contributed by atoms with Crippen molar-refractivity contribution in [2.24, 2.45) is 29.6 Å². The Morgan fingerprint density at radius 1 is 0.948 bits per heavy atom. The predicted molar refractivity (Wildman–Crippen MR) is 280 cm³/mol. The van der Waals surface area contributed by atoms with Crippen LogP contribution < -0.4 is 10.6 Å². The number of benzene rings is 1. The van der Waals surface area contributed by atoms with E-state index in [4.69, 9.17) is 28.4 Å². The average molecular weight is 1090 g/mol. The minimum Gasteiger partial charge on any atom is -0.480 e. The number of hydrogen-bond donors (Lipinski definition) is 5. The van der Waals surface area contributed by atoms with Gasteiger partial charge in [-0.1, -0.05) is 70.2 Å². The zero-order valence-corrected chi connectivity index (χ0v) is 46.7. The number of nitrogens with zero attached hydrogens (tertiary/aromatic N) is 1. The molecule has 0 aromatic heterocycles. The molecule has 0 radical (unpaired) electrons. The first-order valence-electron chi connectivity index (χ1n) is 27.1. The number of aliphatic hydroxyl groups is 2. The summed E-state index contributed by atoms with van der Waals surface area (Å²) in [6.45, 7) is 12.7. The number of rotatable bonds is 13. The number of allylic oxidation sites excluding steroid dienone is 3. The fraction of sp³-hybridized carbons (Fsp3) is 0.702. The van der Waals surface area contributed by atoms with Crippen LogP contribution in [0.4, 0.5) is 9.18 Å². The van der Waals surface area contributed by atoms with Gasteiger partial charge in [-0.05, 0) is 114 Å². The van der Waals surface area contributed by atoms with Crippen LogP contribution >= 0.6 is 0 Å². The molecular weight excluding hydrogens is 1000 g/mol. The van der Waals surface area contributed by atoms with E-state index in [1.165, 1.54) is 35.2 Å². The lowest BCUT2D eigenvalue weighted by Gasteiger charge is -2.47. The van der Waals surface area contributed by atoms with E-state index in [-0.39, 0.29) is 55.9 Å². The molecule has 1 saturated carbocycles. The number of cyclic esters (lactones) is 1. The van der Waals surface area contributed by atoms with Crippen LogP contribution in [0.3, 0.4) is 0 Å². The first-order chi connectivity index (χ1) is 36.3. The van der Waals surface area contributed by atoms with Crippen molar-refractivity contribution in [3.05, 3.63) is 59.2 Å². The van der Waals surface area contributed by atoms with Gasteiger partial charge in [-0.2, -0.15) is 0 Å². The number of fused-ring (bicyclic) bond motifs is 3. The average Bonchev–Trinajstić information content (AvgIpc) is 3.40. The number of halogens is 1. The maximum atomic E-state index is 16.4. The summed E-state index contributed by atoms with van der Waals surface area (Å²) in [5.74, 6) is -11.8. The lowest BCUT2D eigenvalue weighted by molar-refractivity contribution is -0.302. The molecule has 16 atom stereocenters. The van der Waals surface area contributed by atoms with Gasteiger partial charge in [-0.25, -0.2) is 18.8 Å². The number of carboxylic acid groups (broad SMARTS) is 1. The summed E-state index contributed by atoms with van der Waals surface area (Å²) < 4.78 is 51.9. The van der Waals surface area contributed by atoms with E-state index in [9.17, 15) is 48.9 Å². The third-order valence-corrected chi connectivity index (χ3v) is 16.2. The monoisotopic (exact) mass is 1090 g/mol. The van der Waals surface area contributed by atoms with Crippen molar-refractivity contribution < 1.29 is 81.7 Å². The highest BCUT2D eigenvalue weighted by molar-refractivity contribution is 6.39. The topological polar surface area (TPSA) is 263 Å². The molecule has 1 aliphatic carbocycles. The van der Waals surface area contributed by atoms with Crippen LogP contribution in [0.25, 0.3) is 0 Å². The highest BCUT2D eigenvalue weighted by atomic mass is 19.1. The lowest BCUT2D eigenvalue weighted by Crippen LogP contribution is -2.64. The third kappa shape index (κ3) is 15.6. The van der Waals surface area contributed by atoms with Crippen molar-refractivity contribution in [2.45, 2.75) is 198 Å². The smallest absolute Gasteiger partial charge is 0.408 e. The summed E-state index contributed by atoms with van der Waals surface area (Å²) in [5.41, 5.74) is -0.254. The second-order valence-electron chi connectivity index (χ2n) is 22.3. The normalized spacial score (nSPS) is 34.8. The number of ketones is 2. The summed E-state index contributed by atoms with van der Waals surface area (Å²) in [6.07, 6.45) is -2.63. The lowest BCUT2D eigenvalue weighted by atomic mass is 9.80. The van der Waals surface area contributed by atoms with Crippen LogP contribution in [0.5, 0.6) is 0 Å². The molecule has 3 amide bonds. The van der Waals surface area contributed by atoms with Gasteiger partial charge in [-0.15, -0.1) is 0 Å². The van der Waals surface area contributed by atoms with Crippen LogP contribution in [-0.2, 0) is 63.6 Å². The molecule has 5 N–H and O–H groups in total. The fourth-order valence-electron chi connectivity index (χ4n) is 11.3. The van der Waals surface area contributed by atoms with Crippen molar-refractivity contribution >= 4 is 41.4 Å². The van der Waals surface area contributed by atoms with E-state index in [0.29, 0.717) is 49.7 Å². The number of carbonyl (C=O) groups is 7. The van der Waals surface area contributed by atoms with Crippen LogP contribution in [0.1, 0.15) is 125 Å². The number of aliphatic carboxylic acids is 1. The summed E-state index contributed by atoms with van der Waals surface area (Å²) in [6, 6.07) is 5.60. The second kappa shape index (κ2) is 27.7. The van der Waals surface area contributed by atoms with Crippen molar-refractivity contribution in [3.63, 3.8) is 0 Å². The SMILES string of the molecule is CCC1/C=C(\C)C(F)C(C)CC(OC)C2OC(O)(C(=O)C(=O)N3CCCCC3C(=O)OC(C(C)=CC3CCC(NC(=O)C(C)(C)OC(=O)N[C@@H](Cc4ccccc4)C(=O)O)C(OC)C3)C(C)C(O)CC1=O)C(C)CC2OC. The number of hydrogen-bond acceptors (Lipinski definition) is 15. The van der Waals surface area contributed by atoms with Gasteiger partial charge in [0, 0.05) is 58.5 Å². The molecule has 1 aromatic carbocycles. The number of esters is 1. The predicted octanol–water partition coefficient (Wildman–Crippen LogP) is 5.75. The van der Waals surface area contributed by atoms with Gasteiger partial charge in [0.25, 0.3) is 17.6 Å². The number of amides is 3. The summed E-state index contributed by atoms with van der Waals surface area (Å²) in [4.78, 5) is 97.2. The number of carbonyl (C=O) groups excluding carboxylic acids is 6. The van der Waals surface area contributed by atoms with E-state index in [0.717, 1.165) is 4.90 Å². The van der Waals surface area contributed by atoms with E-state index >= 15 is 4.39 Å². The maximum absolute atomic E-state index is 16.4. The van der Waals surface area contributed by atoms with Crippen LogP contribution in [0, 0.1) is 29.6 Å². The first kappa shape index (κ1) is 62.7. The Kier molecular flexibility index (Phi) is 22.5. The van der Waals surface area contributed by atoms with Crippen molar-refractivity contribution in [3.8, 4) is 0 Å². The van der Waals surface area contributed by atoms with E-state index in [1.807, 2.05) is 6.08 Å². The van der Waals surface area contributed by atoms with E-state index in [2.05, 4.69) is 10.6 Å². The molecule has 77 heavy (non-hydrogen) atoms. The first-order valence-corrected chi connectivity index (χ1v) is 27.1.